The van der Waals surface area contributed by atoms with Crippen LogP contribution in [0.2, 0.25) is 5.15 Å². The van der Waals surface area contributed by atoms with Crippen molar-refractivity contribution in [3.8, 4) is 5.75 Å². The van der Waals surface area contributed by atoms with Gasteiger partial charge in [0.15, 0.2) is 0 Å². The Hall–Kier alpha value is -1.52. The van der Waals surface area contributed by atoms with Crippen LogP contribution >= 0.6 is 11.6 Å². The molecule has 0 unspecified atom stereocenters. The lowest BCUT2D eigenvalue weighted by Crippen LogP contribution is -2.20. The van der Waals surface area contributed by atoms with Gasteiger partial charge in [0.25, 0.3) is 0 Å². The molecule has 1 heterocycles. The van der Waals surface area contributed by atoms with Crippen LogP contribution in [0.3, 0.4) is 0 Å². The van der Waals surface area contributed by atoms with Crippen LogP contribution in [0.4, 0.5) is 0 Å². The summed E-state index contributed by atoms with van der Waals surface area (Å²) in [5, 5.41) is 4.07. The van der Waals surface area contributed by atoms with E-state index in [1.807, 2.05) is 29.8 Å². The third-order valence-electron chi connectivity index (χ3n) is 3.19. The first-order valence-electron chi connectivity index (χ1n) is 6.15. The average molecular weight is 280 g/mol. The van der Waals surface area contributed by atoms with Gasteiger partial charge in [0.05, 0.1) is 19.9 Å². The third-order valence-corrected chi connectivity index (χ3v) is 3.54. The number of nitrogens with one attached hydrogen (secondary N) is 1. The summed E-state index contributed by atoms with van der Waals surface area (Å²) in [5.74, 6) is 1.78. The lowest BCUT2D eigenvalue weighted by Gasteiger charge is -2.15. The Bertz CT molecular complexity index is 553. The fourth-order valence-electron chi connectivity index (χ4n) is 1.86. The van der Waals surface area contributed by atoms with Crippen LogP contribution in [0.5, 0.6) is 5.75 Å². The SMILES string of the molecule is COc1cccc([C@H](C)NCc2ncc(Cl)n2C)c1. The van der Waals surface area contributed by atoms with Gasteiger partial charge in [-0.05, 0) is 24.6 Å². The summed E-state index contributed by atoms with van der Waals surface area (Å²) in [5.41, 5.74) is 1.18. The largest absolute Gasteiger partial charge is 0.497 e. The molecule has 1 N–H and O–H groups in total. The van der Waals surface area contributed by atoms with Gasteiger partial charge in [0.1, 0.15) is 16.7 Å². The Morgan fingerprint density at radius 1 is 1.47 bits per heavy atom. The van der Waals surface area contributed by atoms with E-state index >= 15 is 0 Å². The average Bonchev–Trinajstić information content (AvgIpc) is 2.76. The van der Waals surface area contributed by atoms with Crippen LogP contribution in [0.25, 0.3) is 0 Å². The molecule has 19 heavy (non-hydrogen) atoms. The number of ether oxygens (including phenoxy) is 1. The highest BCUT2D eigenvalue weighted by molar-refractivity contribution is 6.29. The molecule has 0 aliphatic rings. The quantitative estimate of drug-likeness (QED) is 0.915. The van der Waals surface area contributed by atoms with E-state index in [1.165, 1.54) is 5.56 Å². The van der Waals surface area contributed by atoms with Crippen LogP contribution in [-0.2, 0) is 13.6 Å². The molecule has 0 spiro atoms. The number of hydrogen-bond acceptors (Lipinski definition) is 3. The maximum absolute atomic E-state index is 5.96. The molecule has 0 aliphatic carbocycles. The molecule has 5 heteroatoms. The molecule has 0 saturated carbocycles. The molecule has 2 rings (SSSR count). The normalized spacial score (nSPS) is 12.4. The minimum atomic E-state index is 0.213. The van der Waals surface area contributed by atoms with E-state index in [4.69, 9.17) is 16.3 Å². The first kappa shape index (κ1) is 13.9. The predicted octanol–water partition coefficient (Wildman–Crippen LogP) is 2.93. The lowest BCUT2D eigenvalue weighted by molar-refractivity contribution is 0.413. The smallest absolute Gasteiger partial charge is 0.128 e. The van der Waals surface area contributed by atoms with Gasteiger partial charge in [-0.15, -0.1) is 0 Å². The zero-order valence-corrected chi connectivity index (χ0v) is 12.1. The van der Waals surface area contributed by atoms with Crippen LogP contribution in [0, 0.1) is 0 Å². The number of nitrogens with zero attached hydrogens (tertiary/aromatic N) is 2. The molecule has 0 amide bonds. The van der Waals surface area contributed by atoms with E-state index < -0.39 is 0 Å². The topological polar surface area (TPSA) is 39.1 Å². The number of aromatic nitrogens is 2. The second kappa shape index (κ2) is 6.08. The predicted molar refractivity (Wildman–Crippen MR) is 76.5 cm³/mol. The van der Waals surface area contributed by atoms with Crippen LogP contribution in [-0.4, -0.2) is 16.7 Å². The maximum Gasteiger partial charge on any atom is 0.128 e. The van der Waals surface area contributed by atoms with E-state index in [9.17, 15) is 0 Å². The van der Waals surface area contributed by atoms with E-state index in [-0.39, 0.29) is 6.04 Å². The van der Waals surface area contributed by atoms with E-state index in [0.717, 1.165) is 11.6 Å². The van der Waals surface area contributed by atoms with Crippen molar-refractivity contribution in [2.24, 2.45) is 7.05 Å². The summed E-state index contributed by atoms with van der Waals surface area (Å²) in [4.78, 5) is 4.26. The second-order valence-corrected chi connectivity index (χ2v) is 4.82. The summed E-state index contributed by atoms with van der Waals surface area (Å²) in [6.45, 7) is 2.78. The molecule has 1 atom stereocenters. The molecule has 1 aromatic carbocycles. The van der Waals surface area contributed by atoms with Gasteiger partial charge in [0, 0.05) is 13.1 Å². The summed E-state index contributed by atoms with van der Waals surface area (Å²) in [6, 6.07) is 8.25. The van der Waals surface area contributed by atoms with Crippen molar-refractivity contribution in [3.05, 3.63) is 47.0 Å². The van der Waals surface area contributed by atoms with Gasteiger partial charge >= 0.3 is 0 Å². The number of imidazole rings is 1. The molecule has 0 radical (unpaired) electrons. The van der Waals surface area contributed by atoms with Crippen molar-refractivity contribution in [2.75, 3.05) is 7.11 Å². The first-order chi connectivity index (χ1) is 9.11. The van der Waals surface area contributed by atoms with Crippen LogP contribution in [0.1, 0.15) is 24.4 Å². The standard InChI is InChI=1S/C14H18ClN3O/c1-10(11-5-4-6-12(7-11)19-3)16-9-14-17-8-13(15)18(14)2/h4-8,10,16H,9H2,1-3H3/t10-/m0/s1. The Morgan fingerprint density at radius 2 is 2.26 bits per heavy atom. The van der Waals surface area contributed by atoms with Crippen molar-refractivity contribution in [2.45, 2.75) is 19.5 Å². The number of rotatable bonds is 5. The Kier molecular flexibility index (Phi) is 4.45. The Labute approximate surface area is 118 Å². The van der Waals surface area contributed by atoms with Crippen molar-refractivity contribution in [3.63, 3.8) is 0 Å². The van der Waals surface area contributed by atoms with E-state index in [1.54, 1.807) is 13.3 Å². The molecular weight excluding hydrogens is 262 g/mol. The highest BCUT2D eigenvalue weighted by Crippen LogP contribution is 2.19. The van der Waals surface area contributed by atoms with Gasteiger partial charge in [-0.25, -0.2) is 4.98 Å². The molecule has 0 fully saturated rings. The van der Waals surface area contributed by atoms with Crippen LogP contribution < -0.4 is 10.1 Å². The monoisotopic (exact) mass is 279 g/mol. The van der Waals surface area contributed by atoms with Crippen molar-refractivity contribution in [1.29, 1.82) is 0 Å². The first-order valence-corrected chi connectivity index (χ1v) is 6.53. The highest BCUT2D eigenvalue weighted by Gasteiger charge is 2.09. The van der Waals surface area contributed by atoms with Crippen molar-refractivity contribution in [1.82, 2.24) is 14.9 Å². The summed E-state index contributed by atoms with van der Waals surface area (Å²) >= 11 is 5.96. The molecule has 0 aliphatic heterocycles. The summed E-state index contributed by atoms with van der Waals surface area (Å²) < 4.78 is 7.10. The molecule has 0 saturated heterocycles. The van der Waals surface area contributed by atoms with E-state index in [0.29, 0.717) is 11.7 Å². The maximum atomic E-state index is 5.96. The van der Waals surface area contributed by atoms with Gasteiger partial charge < -0.3 is 14.6 Å². The fraction of sp³-hybridized carbons (Fsp3) is 0.357. The van der Waals surface area contributed by atoms with Gasteiger partial charge in [-0.3, -0.25) is 0 Å². The molecule has 102 valence electrons. The number of halogens is 1. The second-order valence-electron chi connectivity index (χ2n) is 4.44. The Balaban J connectivity index is 2.01. The van der Waals surface area contributed by atoms with Gasteiger partial charge in [-0.1, -0.05) is 23.7 Å². The molecule has 4 nitrogen and oxygen atoms in total. The zero-order chi connectivity index (χ0) is 13.8. The molecule has 0 bridgehead atoms. The highest BCUT2D eigenvalue weighted by atomic mass is 35.5. The molecular formula is C14H18ClN3O. The zero-order valence-electron chi connectivity index (χ0n) is 11.4. The number of hydrogen-bond donors (Lipinski definition) is 1. The Morgan fingerprint density at radius 3 is 2.89 bits per heavy atom. The van der Waals surface area contributed by atoms with Crippen LogP contribution in [0.15, 0.2) is 30.5 Å². The van der Waals surface area contributed by atoms with E-state index in [2.05, 4.69) is 23.3 Å². The minimum Gasteiger partial charge on any atom is -0.497 e. The molecule has 1 aromatic heterocycles. The lowest BCUT2D eigenvalue weighted by atomic mass is 10.1. The fourth-order valence-corrected chi connectivity index (χ4v) is 2.01. The summed E-state index contributed by atoms with van der Waals surface area (Å²) in [6.07, 6.45) is 1.66. The summed E-state index contributed by atoms with van der Waals surface area (Å²) in [7, 11) is 3.58. The van der Waals surface area contributed by atoms with Crippen molar-refractivity contribution >= 4 is 11.6 Å². The molecule has 2 aromatic rings. The number of methoxy groups -OCH3 is 1. The minimum absolute atomic E-state index is 0.213. The van der Waals surface area contributed by atoms with Crippen molar-refractivity contribution < 1.29 is 4.74 Å². The third kappa shape index (κ3) is 3.28. The number of benzene rings is 1. The van der Waals surface area contributed by atoms with Gasteiger partial charge in [0.2, 0.25) is 0 Å². The van der Waals surface area contributed by atoms with Gasteiger partial charge in [-0.2, -0.15) is 0 Å².